The van der Waals surface area contributed by atoms with E-state index in [-0.39, 0.29) is 0 Å². The van der Waals surface area contributed by atoms with Crippen LogP contribution in [0, 0.1) is 0 Å². The largest absolute Gasteiger partial charge is 0.458 e. The molecule has 18 heavy (non-hydrogen) atoms. The summed E-state index contributed by atoms with van der Waals surface area (Å²) in [6.07, 6.45) is 0.873. The van der Waals surface area contributed by atoms with E-state index in [2.05, 4.69) is 6.58 Å². The van der Waals surface area contributed by atoms with E-state index in [4.69, 9.17) is 14.9 Å². The Bertz CT molecular complexity index is 542. The van der Waals surface area contributed by atoms with Crippen molar-refractivity contribution in [2.45, 2.75) is 26.5 Å². The third-order valence-corrected chi connectivity index (χ3v) is 2.89. The van der Waals surface area contributed by atoms with Gasteiger partial charge in [-0.05, 0) is 19.4 Å². The minimum Gasteiger partial charge on any atom is -0.458 e. The zero-order chi connectivity index (χ0) is 13.0. The highest BCUT2D eigenvalue weighted by molar-refractivity contribution is 5.82. The van der Waals surface area contributed by atoms with E-state index in [9.17, 15) is 0 Å². The molecule has 0 unspecified atom stereocenters. The molecule has 2 rings (SSSR count). The first kappa shape index (κ1) is 12.9. The molecule has 1 aromatic carbocycles. The molecule has 3 heteroatoms. The van der Waals surface area contributed by atoms with Crippen molar-refractivity contribution in [3.63, 3.8) is 0 Å². The Balaban J connectivity index is 2.10. The van der Waals surface area contributed by atoms with E-state index < -0.39 is 0 Å². The zero-order valence-corrected chi connectivity index (χ0v) is 10.7. The fourth-order valence-electron chi connectivity index (χ4n) is 1.90. The van der Waals surface area contributed by atoms with Gasteiger partial charge in [0.25, 0.3) is 0 Å². The van der Waals surface area contributed by atoms with Gasteiger partial charge in [0.2, 0.25) is 0 Å². The van der Waals surface area contributed by atoms with Crippen molar-refractivity contribution in [3.05, 3.63) is 47.7 Å². The molecule has 3 nitrogen and oxygen atoms in total. The summed E-state index contributed by atoms with van der Waals surface area (Å²) in [5.74, 6) is 0.834. The number of para-hydroxylation sites is 1. The highest BCUT2D eigenvalue weighted by Gasteiger charge is 2.12. The number of hydrogen-bond donors (Lipinski definition) is 1. The second-order valence-electron chi connectivity index (χ2n) is 4.46. The Morgan fingerprint density at radius 3 is 2.89 bits per heavy atom. The van der Waals surface area contributed by atoms with Gasteiger partial charge in [0.05, 0.1) is 6.61 Å². The summed E-state index contributed by atoms with van der Waals surface area (Å²) in [6.45, 7) is 7.44. The van der Waals surface area contributed by atoms with E-state index in [1.54, 1.807) is 0 Å². The summed E-state index contributed by atoms with van der Waals surface area (Å²) in [6, 6.07) is 7.92. The molecule has 1 aromatic heterocycles. The molecule has 2 N–H and O–H groups in total. The number of furan rings is 1. The number of hydrogen-bond acceptors (Lipinski definition) is 3. The molecule has 0 saturated carbocycles. The van der Waals surface area contributed by atoms with Gasteiger partial charge < -0.3 is 14.9 Å². The average Bonchev–Trinajstić information content (AvgIpc) is 2.71. The Morgan fingerprint density at radius 1 is 1.39 bits per heavy atom. The van der Waals surface area contributed by atoms with Crippen LogP contribution in [0.15, 0.2) is 40.8 Å². The molecule has 0 atom stereocenters. The maximum Gasteiger partial charge on any atom is 0.135 e. The minimum atomic E-state index is 0.467. The molecule has 2 aromatic rings. The SMILES string of the molecule is C=C(C)CCOCc1oc2ccccc2c1CN. The van der Waals surface area contributed by atoms with Crippen LogP contribution in [0.4, 0.5) is 0 Å². The Kier molecular flexibility index (Phi) is 4.18. The fourth-order valence-corrected chi connectivity index (χ4v) is 1.90. The van der Waals surface area contributed by atoms with Crippen molar-refractivity contribution >= 4 is 11.0 Å². The lowest BCUT2D eigenvalue weighted by Gasteiger charge is -2.03. The zero-order valence-electron chi connectivity index (χ0n) is 10.7. The van der Waals surface area contributed by atoms with Crippen LogP contribution in [-0.4, -0.2) is 6.61 Å². The second-order valence-corrected chi connectivity index (χ2v) is 4.46. The van der Waals surface area contributed by atoms with E-state index >= 15 is 0 Å². The number of benzene rings is 1. The molecular weight excluding hydrogens is 226 g/mol. The fraction of sp³-hybridized carbons (Fsp3) is 0.333. The van der Waals surface area contributed by atoms with Crippen molar-refractivity contribution in [2.75, 3.05) is 6.61 Å². The topological polar surface area (TPSA) is 48.4 Å². The normalized spacial score (nSPS) is 11.0. The van der Waals surface area contributed by atoms with Crippen molar-refractivity contribution in [2.24, 2.45) is 5.73 Å². The smallest absolute Gasteiger partial charge is 0.135 e. The summed E-state index contributed by atoms with van der Waals surface area (Å²) in [7, 11) is 0. The molecule has 0 aliphatic carbocycles. The van der Waals surface area contributed by atoms with Gasteiger partial charge in [-0.25, -0.2) is 0 Å². The second kappa shape index (κ2) is 5.85. The quantitative estimate of drug-likeness (QED) is 0.627. The number of fused-ring (bicyclic) bond motifs is 1. The van der Waals surface area contributed by atoms with Crippen molar-refractivity contribution < 1.29 is 9.15 Å². The Labute approximate surface area is 107 Å². The molecule has 0 amide bonds. The summed E-state index contributed by atoms with van der Waals surface area (Å²) in [5.41, 5.74) is 8.82. The molecule has 96 valence electrons. The summed E-state index contributed by atoms with van der Waals surface area (Å²) < 4.78 is 11.4. The standard InChI is InChI=1S/C15H19NO2/c1-11(2)7-8-17-10-15-13(9-16)12-5-3-4-6-14(12)18-15/h3-6H,1,7-10,16H2,2H3. The molecule has 1 heterocycles. The third kappa shape index (κ3) is 2.81. The highest BCUT2D eigenvalue weighted by Crippen LogP contribution is 2.26. The molecule has 0 aliphatic heterocycles. The Morgan fingerprint density at radius 2 is 2.17 bits per heavy atom. The molecule has 0 saturated heterocycles. The predicted octanol–water partition coefficient (Wildman–Crippen LogP) is 3.37. The molecule has 0 radical (unpaired) electrons. The molecule has 0 spiro atoms. The van der Waals surface area contributed by atoms with Crippen molar-refractivity contribution in [3.8, 4) is 0 Å². The lowest BCUT2D eigenvalue weighted by Crippen LogP contribution is -2.01. The first-order valence-electron chi connectivity index (χ1n) is 6.14. The van der Waals surface area contributed by atoms with Crippen LogP contribution in [0.3, 0.4) is 0 Å². The summed E-state index contributed by atoms with van der Waals surface area (Å²) in [5, 5.41) is 1.08. The van der Waals surface area contributed by atoms with Crippen LogP contribution in [0.1, 0.15) is 24.7 Å². The first-order chi connectivity index (χ1) is 8.72. The number of rotatable bonds is 6. The van der Waals surface area contributed by atoms with Gasteiger partial charge in [0, 0.05) is 17.5 Å². The first-order valence-corrected chi connectivity index (χ1v) is 6.14. The lowest BCUT2D eigenvalue weighted by atomic mass is 10.1. The van der Waals surface area contributed by atoms with E-state index in [0.717, 1.165) is 34.3 Å². The van der Waals surface area contributed by atoms with E-state index in [1.165, 1.54) is 0 Å². The number of nitrogens with two attached hydrogens (primary N) is 1. The van der Waals surface area contributed by atoms with Gasteiger partial charge in [-0.15, -0.1) is 6.58 Å². The van der Waals surface area contributed by atoms with Crippen LogP contribution in [0.2, 0.25) is 0 Å². The van der Waals surface area contributed by atoms with Gasteiger partial charge in [-0.2, -0.15) is 0 Å². The van der Waals surface area contributed by atoms with Gasteiger partial charge in [-0.1, -0.05) is 23.8 Å². The summed E-state index contributed by atoms with van der Waals surface area (Å²) in [4.78, 5) is 0. The third-order valence-electron chi connectivity index (χ3n) is 2.89. The molecule has 0 aliphatic rings. The van der Waals surface area contributed by atoms with Crippen LogP contribution < -0.4 is 5.73 Å². The van der Waals surface area contributed by atoms with E-state index in [1.807, 2.05) is 31.2 Å². The maximum atomic E-state index is 5.78. The van der Waals surface area contributed by atoms with Crippen LogP contribution in [0.25, 0.3) is 11.0 Å². The summed E-state index contributed by atoms with van der Waals surface area (Å²) >= 11 is 0. The van der Waals surface area contributed by atoms with Crippen LogP contribution in [0.5, 0.6) is 0 Å². The minimum absolute atomic E-state index is 0.467. The van der Waals surface area contributed by atoms with Gasteiger partial charge in [0.15, 0.2) is 0 Å². The lowest BCUT2D eigenvalue weighted by molar-refractivity contribution is 0.109. The average molecular weight is 245 g/mol. The van der Waals surface area contributed by atoms with Crippen LogP contribution >= 0.6 is 0 Å². The van der Waals surface area contributed by atoms with E-state index in [0.29, 0.717) is 19.8 Å². The molecule has 0 bridgehead atoms. The van der Waals surface area contributed by atoms with Gasteiger partial charge >= 0.3 is 0 Å². The van der Waals surface area contributed by atoms with Crippen LogP contribution in [-0.2, 0) is 17.9 Å². The molecular formula is C15H19NO2. The monoisotopic (exact) mass is 245 g/mol. The molecule has 0 fully saturated rings. The Hall–Kier alpha value is -1.58. The van der Waals surface area contributed by atoms with Gasteiger partial charge in [0.1, 0.15) is 18.0 Å². The van der Waals surface area contributed by atoms with Gasteiger partial charge in [-0.3, -0.25) is 0 Å². The van der Waals surface area contributed by atoms with Crippen molar-refractivity contribution in [1.29, 1.82) is 0 Å². The number of ether oxygens (including phenoxy) is 1. The maximum absolute atomic E-state index is 5.78. The predicted molar refractivity (Wildman–Crippen MR) is 73.2 cm³/mol. The highest BCUT2D eigenvalue weighted by atomic mass is 16.5. The van der Waals surface area contributed by atoms with Crippen molar-refractivity contribution in [1.82, 2.24) is 0 Å².